The van der Waals surface area contributed by atoms with Crippen LogP contribution in [-0.4, -0.2) is 70.8 Å². The predicted octanol–water partition coefficient (Wildman–Crippen LogP) is -0.432. The largest absolute Gasteiger partial charge is 0.480 e. The molecule has 13 nitrogen and oxygen atoms in total. The Morgan fingerprint density at radius 1 is 0.805 bits per heavy atom. The third-order valence-corrected chi connectivity index (χ3v) is 6.54. The molecular formula is C28H44N6O7. The SMILES string of the molecule is CCC(C)C(NC(=O)C(Cc1ccccc1)NC(=O)C(N)CC(N)=O)C(=O)NC(CC(C)C)C(=O)NC(C)C(=O)O. The summed E-state index contributed by atoms with van der Waals surface area (Å²) in [6, 6.07) is 3.17. The zero-order valence-electron chi connectivity index (χ0n) is 24.3. The molecule has 1 rings (SSSR count). The van der Waals surface area contributed by atoms with Gasteiger partial charge < -0.3 is 37.8 Å². The Balaban J connectivity index is 3.20. The molecule has 0 aliphatic rings. The second kappa shape index (κ2) is 17.0. The lowest BCUT2D eigenvalue weighted by Gasteiger charge is -2.29. The van der Waals surface area contributed by atoms with Gasteiger partial charge in [0.05, 0.1) is 12.5 Å². The van der Waals surface area contributed by atoms with Crippen molar-refractivity contribution in [1.29, 1.82) is 0 Å². The van der Waals surface area contributed by atoms with Gasteiger partial charge in [0.15, 0.2) is 0 Å². The molecule has 0 bridgehead atoms. The molecule has 6 unspecified atom stereocenters. The Morgan fingerprint density at radius 2 is 1.37 bits per heavy atom. The van der Waals surface area contributed by atoms with E-state index in [-0.39, 0.29) is 24.7 Å². The maximum Gasteiger partial charge on any atom is 0.325 e. The van der Waals surface area contributed by atoms with Gasteiger partial charge in [-0.3, -0.25) is 28.8 Å². The molecule has 0 aromatic heterocycles. The minimum absolute atomic E-state index is 0.0158. The van der Waals surface area contributed by atoms with E-state index in [4.69, 9.17) is 16.6 Å². The number of carboxylic acids is 1. The van der Waals surface area contributed by atoms with Gasteiger partial charge in [-0.15, -0.1) is 0 Å². The summed E-state index contributed by atoms with van der Waals surface area (Å²) in [7, 11) is 0. The highest BCUT2D eigenvalue weighted by molar-refractivity contribution is 5.96. The quantitative estimate of drug-likeness (QED) is 0.128. The van der Waals surface area contributed by atoms with Crippen molar-refractivity contribution in [2.45, 2.75) is 90.5 Å². The number of hydrogen-bond donors (Lipinski definition) is 7. The number of benzene rings is 1. The molecule has 0 radical (unpaired) electrons. The van der Waals surface area contributed by atoms with Crippen molar-refractivity contribution in [2.24, 2.45) is 23.3 Å². The van der Waals surface area contributed by atoms with Crippen LogP contribution >= 0.6 is 0 Å². The number of rotatable bonds is 17. The normalized spacial score (nSPS) is 15.4. The van der Waals surface area contributed by atoms with E-state index in [2.05, 4.69) is 21.3 Å². The number of primary amides is 1. The lowest BCUT2D eigenvalue weighted by Crippen LogP contribution is -2.60. The van der Waals surface area contributed by atoms with Gasteiger partial charge in [0.1, 0.15) is 24.2 Å². The summed E-state index contributed by atoms with van der Waals surface area (Å²) in [6.45, 7) is 8.59. The summed E-state index contributed by atoms with van der Waals surface area (Å²) in [5.74, 6) is -5.10. The second-order valence-corrected chi connectivity index (χ2v) is 10.7. The van der Waals surface area contributed by atoms with Crippen molar-refractivity contribution < 1.29 is 33.9 Å². The molecule has 0 spiro atoms. The van der Waals surface area contributed by atoms with Crippen molar-refractivity contribution in [3.63, 3.8) is 0 Å². The standard InChI is InChI=1S/C28H44N6O7/c1-6-16(4)23(27(39)33-20(12-15(2)3)25(37)31-17(5)28(40)41)34-26(38)21(13-18-10-8-7-9-11-18)32-24(36)19(29)14-22(30)35/h7-11,15-17,19-21,23H,6,12-14,29H2,1-5H3,(H2,30,35)(H,31,37)(H,32,36)(H,33,39)(H,34,38)(H,40,41). The summed E-state index contributed by atoms with van der Waals surface area (Å²) in [5.41, 5.74) is 11.6. The fraction of sp³-hybridized carbons (Fsp3) is 0.571. The molecule has 228 valence electrons. The smallest absolute Gasteiger partial charge is 0.325 e. The molecule has 0 fully saturated rings. The van der Waals surface area contributed by atoms with Gasteiger partial charge in [0.2, 0.25) is 29.5 Å². The topological polar surface area (TPSA) is 223 Å². The molecule has 1 aromatic rings. The summed E-state index contributed by atoms with van der Waals surface area (Å²) < 4.78 is 0. The molecule has 1 aromatic carbocycles. The second-order valence-electron chi connectivity index (χ2n) is 10.7. The van der Waals surface area contributed by atoms with Crippen LogP contribution in [0.15, 0.2) is 30.3 Å². The van der Waals surface area contributed by atoms with E-state index < -0.39 is 72.1 Å². The first kappa shape index (κ1) is 35.0. The molecule has 41 heavy (non-hydrogen) atoms. The van der Waals surface area contributed by atoms with Gasteiger partial charge in [-0.1, -0.05) is 64.4 Å². The molecular weight excluding hydrogens is 532 g/mol. The fourth-order valence-electron chi connectivity index (χ4n) is 3.94. The maximum atomic E-state index is 13.5. The van der Waals surface area contributed by atoms with Crippen LogP contribution in [0.2, 0.25) is 0 Å². The Labute approximate surface area is 240 Å². The van der Waals surface area contributed by atoms with Crippen molar-refractivity contribution in [1.82, 2.24) is 21.3 Å². The Kier molecular flexibility index (Phi) is 14.5. The van der Waals surface area contributed by atoms with Crippen LogP contribution in [0.1, 0.15) is 59.4 Å². The first-order valence-corrected chi connectivity index (χ1v) is 13.7. The number of amides is 5. The highest BCUT2D eigenvalue weighted by Crippen LogP contribution is 2.12. The fourth-order valence-corrected chi connectivity index (χ4v) is 3.94. The number of carboxylic acid groups (broad SMARTS) is 1. The number of hydrogen-bond acceptors (Lipinski definition) is 7. The summed E-state index contributed by atoms with van der Waals surface area (Å²) in [6.07, 6.45) is 0.384. The summed E-state index contributed by atoms with van der Waals surface area (Å²) in [5, 5.41) is 19.5. The Bertz CT molecular complexity index is 1070. The zero-order chi connectivity index (χ0) is 31.3. The van der Waals surface area contributed by atoms with Crippen molar-refractivity contribution in [3.05, 3.63) is 35.9 Å². The minimum atomic E-state index is -1.27. The van der Waals surface area contributed by atoms with Crippen molar-refractivity contribution >= 4 is 35.5 Å². The molecule has 13 heteroatoms. The highest BCUT2D eigenvalue weighted by Gasteiger charge is 2.33. The van der Waals surface area contributed by atoms with Crippen LogP contribution in [0.5, 0.6) is 0 Å². The lowest BCUT2D eigenvalue weighted by atomic mass is 9.95. The van der Waals surface area contributed by atoms with E-state index in [0.717, 1.165) is 5.56 Å². The molecule has 9 N–H and O–H groups in total. The van der Waals surface area contributed by atoms with Crippen LogP contribution in [0.3, 0.4) is 0 Å². The van der Waals surface area contributed by atoms with Gasteiger partial charge in [-0.05, 0) is 30.7 Å². The summed E-state index contributed by atoms with van der Waals surface area (Å²) >= 11 is 0. The minimum Gasteiger partial charge on any atom is -0.480 e. The number of carbonyl (C=O) groups excluding carboxylic acids is 5. The first-order valence-electron chi connectivity index (χ1n) is 13.7. The van der Waals surface area contributed by atoms with E-state index in [1.165, 1.54) is 6.92 Å². The average Bonchev–Trinajstić information content (AvgIpc) is 2.89. The highest BCUT2D eigenvalue weighted by atomic mass is 16.4. The molecule has 0 aliphatic heterocycles. The van der Waals surface area contributed by atoms with Crippen LogP contribution in [0.4, 0.5) is 0 Å². The van der Waals surface area contributed by atoms with Gasteiger partial charge in [0.25, 0.3) is 0 Å². The molecule has 0 aliphatic carbocycles. The molecule has 6 atom stereocenters. The van der Waals surface area contributed by atoms with E-state index in [0.29, 0.717) is 6.42 Å². The van der Waals surface area contributed by atoms with Crippen LogP contribution in [0.25, 0.3) is 0 Å². The number of nitrogens with one attached hydrogen (secondary N) is 4. The van der Waals surface area contributed by atoms with E-state index in [1.54, 1.807) is 37.3 Å². The van der Waals surface area contributed by atoms with Gasteiger partial charge >= 0.3 is 5.97 Å². The predicted molar refractivity (Wildman–Crippen MR) is 152 cm³/mol. The number of carbonyl (C=O) groups is 6. The zero-order valence-corrected chi connectivity index (χ0v) is 24.3. The monoisotopic (exact) mass is 576 g/mol. The molecule has 0 saturated heterocycles. The van der Waals surface area contributed by atoms with E-state index in [9.17, 15) is 28.8 Å². The van der Waals surface area contributed by atoms with Crippen LogP contribution in [-0.2, 0) is 35.2 Å². The number of nitrogens with two attached hydrogens (primary N) is 2. The van der Waals surface area contributed by atoms with Gasteiger partial charge in [-0.2, -0.15) is 0 Å². The molecule has 5 amide bonds. The Hall–Kier alpha value is -4.00. The Morgan fingerprint density at radius 3 is 1.88 bits per heavy atom. The van der Waals surface area contributed by atoms with E-state index in [1.807, 2.05) is 20.8 Å². The third-order valence-electron chi connectivity index (χ3n) is 6.54. The van der Waals surface area contributed by atoms with E-state index >= 15 is 0 Å². The molecule has 0 saturated carbocycles. The van der Waals surface area contributed by atoms with Gasteiger partial charge in [0, 0.05) is 6.42 Å². The van der Waals surface area contributed by atoms with Crippen LogP contribution < -0.4 is 32.7 Å². The van der Waals surface area contributed by atoms with Gasteiger partial charge in [-0.25, -0.2) is 0 Å². The molecule has 0 heterocycles. The van der Waals surface area contributed by atoms with Crippen molar-refractivity contribution in [3.8, 4) is 0 Å². The number of aliphatic carboxylic acids is 1. The summed E-state index contributed by atoms with van der Waals surface area (Å²) in [4.78, 5) is 74.9. The third kappa shape index (κ3) is 12.4. The maximum absolute atomic E-state index is 13.5. The average molecular weight is 577 g/mol. The first-order chi connectivity index (χ1) is 19.2. The van der Waals surface area contributed by atoms with Crippen LogP contribution in [0, 0.1) is 11.8 Å². The lowest BCUT2D eigenvalue weighted by molar-refractivity contribution is -0.142. The van der Waals surface area contributed by atoms with Crippen molar-refractivity contribution in [2.75, 3.05) is 0 Å².